The molecule has 1 N–H and O–H groups in total. The molecule has 0 atom stereocenters. The number of benzene rings is 2. The van der Waals surface area contributed by atoms with E-state index < -0.39 is 5.90 Å². The quantitative estimate of drug-likeness (QED) is 0.424. The van der Waals surface area contributed by atoms with Crippen molar-refractivity contribution in [3.8, 4) is 0 Å². The van der Waals surface area contributed by atoms with Crippen molar-refractivity contribution in [1.29, 1.82) is 0 Å². The van der Waals surface area contributed by atoms with Crippen molar-refractivity contribution >= 4 is 17.5 Å². The summed E-state index contributed by atoms with van der Waals surface area (Å²) in [5.41, 5.74) is 4.08. The minimum Gasteiger partial charge on any atom is -0.854 e. The van der Waals surface area contributed by atoms with Crippen LogP contribution >= 0.6 is 0 Å². The first-order chi connectivity index (χ1) is 12.1. The molecule has 0 bridgehead atoms. The zero-order valence-corrected chi connectivity index (χ0v) is 13.7. The van der Waals surface area contributed by atoms with Crippen molar-refractivity contribution in [3.05, 3.63) is 78.4 Å². The molecule has 7 heteroatoms. The number of aromatic nitrogens is 3. The van der Waals surface area contributed by atoms with Gasteiger partial charge in [0.1, 0.15) is 6.54 Å². The molecular formula is C18H17N5O2. The minimum atomic E-state index is -0.492. The van der Waals surface area contributed by atoms with Gasteiger partial charge in [-0.15, -0.1) is 9.36 Å². The summed E-state index contributed by atoms with van der Waals surface area (Å²) in [4.78, 5) is 15.5. The van der Waals surface area contributed by atoms with Gasteiger partial charge in [-0.1, -0.05) is 48.5 Å². The van der Waals surface area contributed by atoms with E-state index in [1.807, 2.05) is 36.4 Å². The van der Waals surface area contributed by atoms with Crippen LogP contribution in [0.15, 0.2) is 72.0 Å². The van der Waals surface area contributed by atoms with E-state index in [2.05, 4.69) is 15.5 Å². The Morgan fingerprint density at radius 3 is 2.44 bits per heavy atom. The average molecular weight is 335 g/mol. The SMILES string of the molecule is CC(=O)N[n+]1cnn(Cc2ccccc2)c1C([O-])=Nc1ccccc1. The van der Waals surface area contributed by atoms with Crippen LogP contribution in [0.4, 0.5) is 5.69 Å². The Morgan fingerprint density at radius 2 is 1.80 bits per heavy atom. The van der Waals surface area contributed by atoms with Crippen molar-refractivity contribution in [2.24, 2.45) is 4.99 Å². The van der Waals surface area contributed by atoms with Crippen LogP contribution in [0.2, 0.25) is 0 Å². The Morgan fingerprint density at radius 1 is 1.16 bits per heavy atom. The molecule has 0 radical (unpaired) electrons. The van der Waals surface area contributed by atoms with E-state index in [4.69, 9.17) is 0 Å². The number of nitrogens with zero attached hydrogens (tertiary/aromatic N) is 4. The van der Waals surface area contributed by atoms with Crippen LogP contribution in [-0.4, -0.2) is 21.6 Å². The van der Waals surface area contributed by atoms with E-state index in [0.29, 0.717) is 12.2 Å². The number of para-hydroxylation sites is 1. The van der Waals surface area contributed by atoms with Crippen LogP contribution in [0.1, 0.15) is 18.3 Å². The first kappa shape index (κ1) is 16.4. The summed E-state index contributed by atoms with van der Waals surface area (Å²) >= 11 is 0. The maximum Gasteiger partial charge on any atom is 0.293 e. The molecule has 0 aliphatic carbocycles. The molecule has 0 spiro atoms. The highest BCUT2D eigenvalue weighted by Crippen LogP contribution is 2.11. The van der Waals surface area contributed by atoms with E-state index in [-0.39, 0.29) is 11.7 Å². The highest BCUT2D eigenvalue weighted by Gasteiger charge is 2.20. The number of hydrogen-bond donors (Lipinski definition) is 1. The normalized spacial score (nSPS) is 11.3. The van der Waals surface area contributed by atoms with Crippen LogP contribution in [0.25, 0.3) is 0 Å². The van der Waals surface area contributed by atoms with Crippen molar-refractivity contribution < 1.29 is 14.6 Å². The maximum absolute atomic E-state index is 12.7. The van der Waals surface area contributed by atoms with Gasteiger partial charge in [0.15, 0.2) is 0 Å². The number of hydrogen-bond acceptors (Lipinski definition) is 4. The summed E-state index contributed by atoms with van der Waals surface area (Å²) in [6, 6.07) is 18.5. The second-order valence-corrected chi connectivity index (χ2v) is 5.39. The molecule has 0 aliphatic rings. The van der Waals surface area contributed by atoms with Crippen LogP contribution < -0.4 is 15.2 Å². The lowest BCUT2D eigenvalue weighted by atomic mass is 10.2. The first-order valence-electron chi connectivity index (χ1n) is 7.73. The Kier molecular flexibility index (Phi) is 4.84. The molecule has 1 amide bonds. The second-order valence-electron chi connectivity index (χ2n) is 5.39. The van der Waals surface area contributed by atoms with Gasteiger partial charge in [0, 0.05) is 12.0 Å². The lowest BCUT2D eigenvalue weighted by molar-refractivity contribution is -0.646. The molecule has 0 aliphatic heterocycles. The molecule has 0 saturated carbocycles. The number of carbonyl (C=O) groups is 1. The smallest absolute Gasteiger partial charge is 0.293 e. The third kappa shape index (κ3) is 4.08. The largest absolute Gasteiger partial charge is 0.854 e. The van der Waals surface area contributed by atoms with Crippen molar-refractivity contribution in [2.75, 3.05) is 5.43 Å². The lowest BCUT2D eigenvalue weighted by Crippen LogP contribution is -2.53. The summed E-state index contributed by atoms with van der Waals surface area (Å²) in [6.07, 6.45) is 1.39. The number of aliphatic imine (C=N–C) groups is 1. The predicted molar refractivity (Wildman–Crippen MR) is 90.6 cm³/mol. The monoisotopic (exact) mass is 335 g/mol. The van der Waals surface area contributed by atoms with Crippen molar-refractivity contribution in [3.63, 3.8) is 0 Å². The zero-order chi connectivity index (χ0) is 17.6. The number of rotatable bonds is 5. The molecule has 2 aromatic carbocycles. The van der Waals surface area contributed by atoms with E-state index in [0.717, 1.165) is 5.56 Å². The molecule has 0 saturated heterocycles. The number of amides is 1. The zero-order valence-electron chi connectivity index (χ0n) is 13.7. The second kappa shape index (κ2) is 7.39. The van der Waals surface area contributed by atoms with E-state index in [1.54, 1.807) is 24.3 Å². The molecule has 1 aromatic heterocycles. The fourth-order valence-electron chi connectivity index (χ4n) is 2.35. The predicted octanol–water partition coefficient (Wildman–Crippen LogP) is 0.747. The number of carbonyl (C=O) groups excluding carboxylic acids is 1. The van der Waals surface area contributed by atoms with Gasteiger partial charge in [-0.2, -0.15) is 0 Å². The van der Waals surface area contributed by atoms with E-state index in [1.165, 1.54) is 22.6 Å². The third-order valence-electron chi connectivity index (χ3n) is 3.41. The average Bonchev–Trinajstić information content (AvgIpc) is 2.98. The summed E-state index contributed by atoms with van der Waals surface area (Å²) in [7, 11) is 0. The van der Waals surface area contributed by atoms with Crippen LogP contribution in [0.5, 0.6) is 0 Å². The van der Waals surface area contributed by atoms with Gasteiger partial charge in [-0.05, 0) is 17.7 Å². The Bertz CT molecular complexity index is 888. The molecule has 0 unspecified atom stereocenters. The van der Waals surface area contributed by atoms with Gasteiger partial charge < -0.3 is 5.11 Å². The van der Waals surface area contributed by atoms with Crippen LogP contribution in [0, 0.1) is 0 Å². The van der Waals surface area contributed by atoms with Gasteiger partial charge in [0.2, 0.25) is 5.91 Å². The molecule has 1 heterocycles. The molecular weight excluding hydrogens is 318 g/mol. The molecule has 126 valence electrons. The molecule has 3 aromatic rings. The summed E-state index contributed by atoms with van der Waals surface area (Å²) in [6.45, 7) is 1.75. The van der Waals surface area contributed by atoms with Gasteiger partial charge in [0.05, 0.1) is 11.6 Å². The standard InChI is InChI=1S/C18H17N5O2/c1-14(24)21-23-13-19-22(12-15-8-4-2-5-9-15)18(23)17(25)20-16-10-6-3-7-11-16/h2-11,13H,12H2,1H3,(H-,20,21,24,25). The highest BCUT2D eigenvalue weighted by atomic mass is 16.3. The topological polar surface area (TPSA) is 86.2 Å². The molecule has 0 fully saturated rings. The van der Waals surface area contributed by atoms with Gasteiger partial charge in [-0.3, -0.25) is 9.79 Å². The van der Waals surface area contributed by atoms with Crippen molar-refractivity contribution in [2.45, 2.75) is 13.5 Å². The first-order valence-corrected chi connectivity index (χ1v) is 7.73. The Balaban J connectivity index is 2.00. The van der Waals surface area contributed by atoms with E-state index in [9.17, 15) is 9.90 Å². The summed E-state index contributed by atoms with van der Waals surface area (Å²) in [5.74, 6) is -0.630. The fourth-order valence-corrected chi connectivity index (χ4v) is 2.35. The summed E-state index contributed by atoms with van der Waals surface area (Å²) in [5, 5.41) is 16.9. The van der Waals surface area contributed by atoms with E-state index >= 15 is 0 Å². The van der Waals surface area contributed by atoms with Gasteiger partial charge in [0.25, 0.3) is 12.2 Å². The number of nitrogens with one attached hydrogen (secondary N) is 1. The highest BCUT2D eigenvalue weighted by molar-refractivity contribution is 5.88. The minimum absolute atomic E-state index is 0.169. The molecule has 3 rings (SSSR count). The van der Waals surface area contributed by atoms with Crippen LogP contribution in [-0.2, 0) is 11.3 Å². The van der Waals surface area contributed by atoms with Gasteiger partial charge >= 0.3 is 0 Å². The molecule has 7 nitrogen and oxygen atoms in total. The lowest BCUT2D eigenvalue weighted by Gasteiger charge is -2.10. The van der Waals surface area contributed by atoms with Gasteiger partial charge in [-0.25, -0.2) is 5.43 Å². The summed E-state index contributed by atoms with van der Waals surface area (Å²) < 4.78 is 2.81. The maximum atomic E-state index is 12.7. The Hall–Kier alpha value is -3.48. The van der Waals surface area contributed by atoms with Crippen molar-refractivity contribution in [1.82, 2.24) is 9.78 Å². The van der Waals surface area contributed by atoms with Crippen LogP contribution in [0.3, 0.4) is 0 Å². The third-order valence-corrected chi connectivity index (χ3v) is 3.41. The Labute approximate surface area is 144 Å². The fraction of sp³-hybridized carbons (Fsp3) is 0.111. The molecule has 25 heavy (non-hydrogen) atoms.